The molecule has 0 saturated carbocycles. The van der Waals surface area contributed by atoms with Crippen molar-refractivity contribution in [3.05, 3.63) is 24.3 Å². The third-order valence-electron chi connectivity index (χ3n) is 1.45. The van der Waals surface area contributed by atoms with Crippen molar-refractivity contribution in [3.63, 3.8) is 0 Å². The van der Waals surface area contributed by atoms with Crippen molar-refractivity contribution in [3.8, 4) is 5.75 Å². The molecule has 0 atom stereocenters. The third-order valence-corrected chi connectivity index (χ3v) is 1.45. The maximum atomic E-state index is 10.2. The fraction of sp³-hybridized carbons (Fsp3) is 0.222. The van der Waals surface area contributed by atoms with Crippen molar-refractivity contribution in [1.82, 2.24) is 0 Å². The Hall–Kier alpha value is -1.55. The number of hydrogen-bond donors (Lipinski definition) is 2. The van der Waals surface area contributed by atoms with E-state index in [0.717, 1.165) is 0 Å². The summed E-state index contributed by atoms with van der Waals surface area (Å²) in [6.07, 6.45) is 0.584. The first kappa shape index (κ1) is 9.54. The Morgan fingerprint density at radius 1 is 1.46 bits per heavy atom. The van der Waals surface area contributed by atoms with Crippen LogP contribution in [0.5, 0.6) is 5.75 Å². The Labute approximate surface area is 76.1 Å². The number of carbonyl (C=O) groups excluding carboxylic acids is 1. The van der Waals surface area contributed by atoms with E-state index in [-0.39, 0.29) is 13.2 Å². The lowest BCUT2D eigenvalue weighted by atomic mass is 10.3. The Morgan fingerprint density at radius 2 is 2.23 bits per heavy atom. The molecule has 1 aromatic rings. The Morgan fingerprint density at radius 3 is 2.92 bits per heavy atom. The smallest absolute Gasteiger partial charge is 0.211 e. The zero-order chi connectivity index (χ0) is 9.52. The number of aliphatic hydroxyl groups excluding tert-OH is 1. The molecule has 0 aromatic heterocycles. The number of amides is 1. The molecule has 1 amide bonds. The van der Waals surface area contributed by atoms with Crippen molar-refractivity contribution in [2.75, 3.05) is 18.5 Å². The third kappa shape index (κ3) is 2.76. The SMILES string of the molecule is O=CNc1ccccc1OCCO. The molecule has 4 heteroatoms. The van der Waals surface area contributed by atoms with Gasteiger partial charge in [0.15, 0.2) is 0 Å². The lowest BCUT2D eigenvalue weighted by molar-refractivity contribution is -0.105. The fourth-order valence-electron chi connectivity index (χ4n) is 0.931. The van der Waals surface area contributed by atoms with E-state index in [4.69, 9.17) is 9.84 Å². The molecule has 1 rings (SSSR count). The quantitative estimate of drug-likeness (QED) is 0.655. The molecular weight excluding hydrogens is 170 g/mol. The number of carbonyl (C=O) groups is 1. The van der Waals surface area contributed by atoms with Gasteiger partial charge in [-0.1, -0.05) is 12.1 Å². The predicted octanol–water partition coefficient (Wildman–Crippen LogP) is 0.626. The van der Waals surface area contributed by atoms with Crippen molar-refractivity contribution < 1.29 is 14.6 Å². The average Bonchev–Trinajstić information content (AvgIpc) is 2.17. The molecule has 70 valence electrons. The molecule has 0 radical (unpaired) electrons. The van der Waals surface area contributed by atoms with E-state index in [1.54, 1.807) is 24.3 Å². The van der Waals surface area contributed by atoms with Gasteiger partial charge >= 0.3 is 0 Å². The van der Waals surface area contributed by atoms with Crippen LogP contribution < -0.4 is 10.1 Å². The molecule has 0 heterocycles. The first-order valence-corrected chi connectivity index (χ1v) is 3.91. The summed E-state index contributed by atoms with van der Waals surface area (Å²) in [6, 6.07) is 7.03. The van der Waals surface area contributed by atoms with Crippen LogP contribution in [0.2, 0.25) is 0 Å². The van der Waals surface area contributed by atoms with Crippen LogP contribution in [0, 0.1) is 0 Å². The minimum absolute atomic E-state index is 0.0462. The summed E-state index contributed by atoms with van der Waals surface area (Å²) in [6.45, 7) is 0.174. The summed E-state index contributed by atoms with van der Waals surface area (Å²) in [4.78, 5) is 10.2. The van der Waals surface area contributed by atoms with Crippen molar-refractivity contribution in [2.45, 2.75) is 0 Å². The largest absolute Gasteiger partial charge is 0.489 e. The predicted molar refractivity (Wildman–Crippen MR) is 48.7 cm³/mol. The number of hydrogen-bond acceptors (Lipinski definition) is 3. The standard InChI is InChI=1S/C9H11NO3/c11-5-6-13-9-4-2-1-3-8(9)10-7-12/h1-4,7,11H,5-6H2,(H,10,12). The van der Waals surface area contributed by atoms with Crippen LogP contribution in [0.15, 0.2) is 24.3 Å². The van der Waals surface area contributed by atoms with Crippen molar-refractivity contribution >= 4 is 12.1 Å². The first-order chi connectivity index (χ1) is 6.38. The summed E-state index contributed by atoms with van der Waals surface area (Å²) >= 11 is 0. The van der Waals surface area contributed by atoms with Gasteiger partial charge < -0.3 is 15.2 Å². The molecule has 13 heavy (non-hydrogen) atoms. The maximum absolute atomic E-state index is 10.2. The summed E-state index contributed by atoms with van der Waals surface area (Å²) < 4.78 is 5.17. The summed E-state index contributed by atoms with van der Waals surface area (Å²) in [7, 11) is 0. The molecule has 0 bridgehead atoms. The normalized spacial score (nSPS) is 9.31. The lowest BCUT2D eigenvalue weighted by Gasteiger charge is -2.08. The number of para-hydroxylation sites is 2. The topological polar surface area (TPSA) is 58.6 Å². The van der Waals surface area contributed by atoms with E-state index >= 15 is 0 Å². The van der Waals surface area contributed by atoms with Gasteiger partial charge in [-0.3, -0.25) is 4.79 Å². The van der Waals surface area contributed by atoms with Crippen LogP contribution in [-0.4, -0.2) is 24.7 Å². The zero-order valence-corrected chi connectivity index (χ0v) is 7.06. The van der Waals surface area contributed by atoms with E-state index in [0.29, 0.717) is 17.8 Å². The van der Waals surface area contributed by atoms with Gasteiger partial charge in [0, 0.05) is 0 Å². The van der Waals surface area contributed by atoms with E-state index < -0.39 is 0 Å². The van der Waals surface area contributed by atoms with Gasteiger partial charge in [0.2, 0.25) is 6.41 Å². The van der Waals surface area contributed by atoms with Crippen LogP contribution in [-0.2, 0) is 4.79 Å². The average molecular weight is 181 g/mol. The molecule has 0 aliphatic rings. The summed E-state index contributed by atoms with van der Waals surface area (Å²) in [5.74, 6) is 0.559. The van der Waals surface area contributed by atoms with Crippen molar-refractivity contribution in [2.24, 2.45) is 0 Å². The highest BCUT2D eigenvalue weighted by Gasteiger charge is 1.99. The summed E-state index contributed by atoms with van der Waals surface area (Å²) in [5.41, 5.74) is 0.603. The number of rotatable bonds is 5. The van der Waals surface area contributed by atoms with E-state index in [2.05, 4.69) is 5.32 Å². The highest BCUT2D eigenvalue weighted by molar-refractivity contribution is 5.75. The number of benzene rings is 1. The van der Waals surface area contributed by atoms with Gasteiger partial charge in [0.1, 0.15) is 12.4 Å². The molecule has 0 aliphatic heterocycles. The van der Waals surface area contributed by atoms with Gasteiger partial charge in [0.05, 0.1) is 12.3 Å². The number of nitrogens with one attached hydrogen (secondary N) is 1. The monoisotopic (exact) mass is 181 g/mol. The Bertz CT molecular complexity index is 275. The Balaban J connectivity index is 2.71. The number of aliphatic hydroxyl groups is 1. The highest BCUT2D eigenvalue weighted by Crippen LogP contribution is 2.22. The molecule has 0 unspecified atom stereocenters. The minimum atomic E-state index is -0.0462. The van der Waals surface area contributed by atoms with Gasteiger partial charge in [-0.25, -0.2) is 0 Å². The van der Waals surface area contributed by atoms with Gasteiger partial charge in [0.25, 0.3) is 0 Å². The molecule has 4 nitrogen and oxygen atoms in total. The van der Waals surface area contributed by atoms with Crippen LogP contribution in [0.3, 0.4) is 0 Å². The molecule has 0 spiro atoms. The molecule has 1 aromatic carbocycles. The van der Waals surface area contributed by atoms with Crippen molar-refractivity contribution in [1.29, 1.82) is 0 Å². The first-order valence-electron chi connectivity index (χ1n) is 3.91. The zero-order valence-electron chi connectivity index (χ0n) is 7.06. The van der Waals surface area contributed by atoms with Crippen LogP contribution in [0.25, 0.3) is 0 Å². The van der Waals surface area contributed by atoms with E-state index in [1.165, 1.54) is 0 Å². The molecular formula is C9H11NO3. The molecule has 0 fully saturated rings. The lowest BCUT2D eigenvalue weighted by Crippen LogP contribution is -2.04. The maximum Gasteiger partial charge on any atom is 0.211 e. The second-order valence-corrected chi connectivity index (χ2v) is 2.33. The highest BCUT2D eigenvalue weighted by atomic mass is 16.5. The van der Waals surface area contributed by atoms with Gasteiger partial charge in [-0.05, 0) is 12.1 Å². The Kier molecular flexibility index (Phi) is 3.78. The second-order valence-electron chi connectivity index (χ2n) is 2.33. The van der Waals surface area contributed by atoms with Crippen LogP contribution >= 0.6 is 0 Å². The van der Waals surface area contributed by atoms with Crippen LogP contribution in [0.4, 0.5) is 5.69 Å². The second kappa shape index (κ2) is 5.16. The molecule has 0 saturated heterocycles. The number of anilines is 1. The molecule has 0 aliphatic carbocycles. The van der Waals surface area contributed by atoms with E-state index in [1.807, 2.05) is 0 Å². The summed E-state index contributed by atoms with van der Waals surface area (Å²) in [5, 5.41) is 11.0. The van der Waals surface area contributed by atoms with Crippen LogP contribution in [0.1, 0.15) is 0 Å². The van der Waals surface area contributed by atoms with Gasteiger partial charge in [-0.15, -0.1) is 0 Å². The van der Waals surface area contributed by atoms with E-state index in [9.17, 15) is 4.79 Å². The minimum Gasteiger partial charge on any atom is -0.489 e. The van der Waals surface area contributed by atoms with Gasteiger partial charge in [-0.2, -0.15) is 0 Å². The number of ether oxygens (including phenoxy) is 1. The molecule has 2 N–H and O–H groups in total. The fourth-order valence-corrected chi connectivity index (χ4v) is 0.931.